The highest BCUT2D eigenvalue weighted by atomic mass is 19.4. The normalized spacial score (nSPS) is 11.3. The first kappa shape index (κ1) is 19.5. The van der Waals surface area contributed by atoms with Gasteiger partial charge in [0, 0.05) is 5.69 Å². The third-order valence-corrected chi connectivity index (χ3v) is 4.21. The van der Waals surface area contributed by atoms with Gasteiger partial charge in [0.25, 0.3) is 0 Å². The van der Waals surface area contributed by atoms with Gasteiger partial charge in [0.1, 0.15) is 0 Å². The molecule has 3 rings (SSSR count). The molecule has 28 heavy (non-hydrogen) atoms. The quantitative estimate of drug-likeness (QED) is 0.626. The summed E-state index contributed by atoms with van der Waals surface area (Å²) in [5.41, 5.74) is 1.31. The van der Waals surface area contributed by atoms with E-state index in [-0.39, 0.29) is 24.2 Å². The van der Waals surface area contributed by atoms with Crippen molar-refractivity contribution in [2.24, 2.45) is 0 Å². The van der Waals surface area contributed by atoms with Crippen LogP contribution in [0.1, 0.15) is 22.7 Å². The maximum absolute atomic E-state index is 12.8. The molecule has 3 aromatic carbocycles. The zero-order valence-corrected chi connectivity index (χ0v) is 14.9. The van der Waals surface area contributed by atoms with Crippen molar-refractivity contribution >= 4 is 11.6 Å². The monoisotopic (exact) mass is 384 g/mol. The number of alkyl halides is 3. The van der Waals surface area contributed by atoms with Crippen molar-refractivity contribution in [3.8, 4) is 0 Å². The molecule has 0 bridgehead atoms. The molecule has 0 aromatic heterocycles. The molecular formula is C22H19F3N2O. The van der Waals surface area contributed by atoms with Gasteiger partial charge < -0.3 is 10.6 Å². The highest BCUT2D eigenvalue weighted by Gasteiger charge is 2.30. The van der Waals surface area contributed by atoms with E-state index >= 15 is 0 Å². The summed E-state index contributed by atoms with van der Waals surface area (Å²) in [4.78, 5) is 12.5. The Hall–Kier alpha value is -3.28. The second-order valence-electron chi connectivity index (χ2n) is 6.25. The molecule has 3 nitrogen and oxygen atoms in total. The number of carbonyl (C=O) groups is 1. The van der Waals surface area contributed by atoms with Crippen LogP contribution in [-0.2, 0) is 11.0 Å². The molecule has 0 saturated heterocycles. The molecule has 0 radical (unpaired) electrons. The van der Waals surface area contributed by atoms with E-state index in [1.54, 1.807) is 0 Å². The van der Waals surface area contributed by atoms with Gasteiger partial charge in [-0.1, -0.05) is 66.7 Å². The molecule has 2 N–H and O–H groups in total. The first-order chi connectivity index (χ1) is 13.4. The van der Waals surface area contributed by atoms with Gasteiger partial charge in [-0.3, -0.25) is 4.79 Å². The summed E-state index contributed by atoms with van der Waals surface area (Å²) >= 11 is 0. The van der Waals surface area contributed by atoms with Gasteiger partial charge in [-0.05, 0) is 29.3 Å². The van der Waals surface area contributed by atoms with Crippen LogP contribution in [0.25, 0.3) is 0 Å². The van der Waals surface area contributed by atoms with Gasteiger partial charge in [-0.15, -0.1) is 0 Å². The van der Waals surface area contributed by atoms with Crippen LogP contribution in [0.5, 0.6) is 0 Å². The van der Waals surface area contributed by atoms with E-state index in [1.807, 2.05) is 60.7 Å². The standard InChI is InChI=1S/C22H19F3N2O/c23-22(24,25)18-12-7-13-19(14-18)26-15-20(28)27-21(16-8-3-1-4-9-16)17-10-5-2-6-11-17/h1-14,21,26H,15H2,(H,27,28). The highest BCUT2D eigenvalue weighted by Crippen LogP contribution is 2.30. The fraction of sp³-hybridized carbons (Fsp3) is 0.136. The highest BCUT2D eigenvalue weighted by molar-refractivity contribution is 5.81. The molecule has 3 aromatic rings. The summed E-state index contributed by atoms with van der Waals surface area (Å²) in [6.07, 6.45) is -4.42. The van der Waals surface area contributed by atoms with Gasteiger partial charge in [0.05, 0.1) is 18.2 Å². The van der Waals surface area contributed by atoms with Crippen molar-refractivity contribution in [3.63, 3.8) is 0 Å². The van der Waals surface area contributed by atoms with Crippen molar-refractivity contribution in [2.45, 2.75) is 12.2 Å². The minimum Gasteiger partial charge on any atom is -0.376 e. The molecule has 0 unspecified atom stereocenters. The number of benzene rings is 3. The van der Waals surface area contributed by atoms with Crippen molar-refractivity contribution in [1.29, 1.82) is 0 Å². The summed E-state index contributed by atoms with van der Waals surface area (Å²) in [6.45, 7) is -0.141. The van der Waals surface area contributed by atoms with Gasteiger partial charge in [0.15, 0.2) is 0 Å². The lowest BCUT2D eigenvalue weighted by Crippen LogP contribution is -2.34. The molecule has 0 aliphatic rings. The molecule has 0 atom stereocenters. The minimum absolute atomic E-state index is 0.141. The molecule has 0 aliphatic carbocycles. The predicted molar refractivity (Wildman–Crippen MR) is 103 cm³/mol. The third kappa shape index (κ3) is 5.13. The van der Waals surface area contributed by atoms with E-state index in [4.69, 9.17) is 0 Å². The lowest BCUT2D eigenvalue weighted by Gasteiger charge is -2.20. The number of hydrogen-bond acceptors (Lipinski definition) is 2. The van der Waals surface area contributed by atoms with Crippen LogP contribution >= 0.6 is 0 Å². The number of anilines is 1. The third-order valence-electron chi connectivity index (χ3n) is 4.21. The van der Waals surface area contributed by atoms with E-state index in [2.05, 4.69) is 10.6 Å². The number of halogens is 3. The summed E-state index contributed by atoms with van der Waals surface area (Å²) < 4.78 is 38.4. The van der Waals surface area contributed by atoms with Crippen LogP contribution in [0.15, 0.2) is 84.9 Å². The van der Waals surface area contributed by atoms with Crippen molar-refractivity contribution in [1.82, 2.24) is 5.32 Å². The molecule has 0 saturated carbocycles. The van der Waals surface area contributed by atoms with Crippen LogP contribution in [0.2, 0.25) is 0 Å². The van der Waals surface area contributed by atoms with Crippen molar-refractivity contribution in [3.05, 3.63) is 102 Å². The average Bonchev–Trinajstić information content (AvgIpc) is 2.71. The maximum Gasteiger partial charge on any atom is 0.416 e. The molecular weight excluding hydrogens is 365 g/mol. The Morgan fingerprint density at radius 1 is 0.821 bits per heavy atom. The van der Waals surface area contributed by atoms with E-state index in [0.29, 0.717) is 0 Å². The SMILES string of the molecule is O=C(CNc1cccc(C(F)(F)F)c1)NC(c1ccccc1)c1ccccc1. The van der Waals surface area contributed by atoms with E-state index in [0.717, 1.165) is 23.3 Å². The predicted octanol–water partition coefficient (Wildman–Crippen LogP) is 5.02. The molecule has 0 aliphatic heterocycles. The fourth-order valence-corrected chi connectivity index (χ4v) is 2.85. The molecule has 144 valence electrons. The molecule has 0 heterocycles. The first-order valence-electron chi connectivity index (χ1n) is 8.74. The molecule has 6 heteroatoms. The number of rotatable bonds is 6. The lowest BCUT2D eigenvalue weighted by atomic mass is 9.99. The van der Waals surface area contributed by atoms with E-state index in [9.17, 15) is 18.0 Å². The van der Waals surface area contributed by atoms with Gasteiger partial charge in [-0.25, -0.2) is 0 Å². The van der Waals surface area contributed by atoms with Crippen LogP contribution in [0, 0.1) is 0 Å². The second kappa shape index (κ2) is 8.61. The van der Waals surface area contributed by atoms with Crippen LogP contribution in [0.3, 0.4) is 0 Å². The summed E-state index contributed by atoms with van der Waals surface area (Å²) in [5.74, 6) is -0.324. The first-order valence-corrected chi connectivity index (χ1v) is 8.74. The fourth-order valence-electron chi connectivity index (χ4n) is 2.85. The number of hydrogen-bond donors (Lipinski definition) is 2. The summed E-state index contributed by atoms with van der Waals surface area (Å²) in [7, 11) is 0. The number of nitrogens with one attached hydrogen (secondary N) is 2. The Labute approximate surface area is 161 Å². The molecule has 0 fully saturated rings. The number of amides is 1. The van der Waals surface area contributed by atoms with Gasteiger partial charge >= 0.3 is 6.18 Å². The maximum atomic E-state index is 12.8. The van der Waals surface area contributed by atoms with Crippen molar-refractivity contribution in [2.75, 3.05) is 11.9 Å². The molecule has 0 spiro atoms. The molecule has 1 amide bonds. The number of carbonyl (C=O) groups excluding carboxylic acids is 1. The summed E-state index contributed by atoms with van der Waals surface area (Å²) in [5, 5.41) is 5.69. The largest absolute Gasteiger partial charge is 0.416 e. The topological polar surface area (TPSA) is 41.1 Å². The lowest BCUT2D eigenvalue weighted by molar-refractivity contribution is -0.137. The van der Waals surface area contributed by atoms with Crippen LogP contribution in [-0.4, -0.2) is 12.5 Å². The van der Waals surface area contributed by atoms with E-state index in [1.165, 1.54) is 12.1 Å². The Kier molecular flexibility index (Phi) is 5.99. The second-order valence-corrected chi connectivity index (χ2v) is 6.25. The van der Waals surface area contributed by atoms with Gasteiger partial charge in [0.2, 0.25) is 5.91 Å². The van der Waals surface area contributed by atoms with Gasteiger partial charge in [-0.2, -0.15) is 13.2 Å². The Balaban J connectivity index is 1.70. The zero-order valence-electron chi connectivity index (χ0n) is 14.9. The Bertz CT molecular complexity index is 872. The zero-order chi connectivity index (χ0) is 20.0. The van der Waals surface area contributed by atoms with Crippen LogP contribution in [0.4, 0.5) is 18.9 Å². The summed E-state index contributed by atoms with van der Waals surface area (Å²) in [6, 6.07) is 23.4. The average molecular weight is 384 g/mol. The minimum atomic E-state index is -4.42. The Morgan fingerprint density at radius 2 is 1.39 bits per heavy atom. The van der Waals surface area contributed by atoms with Crippen molar-refractivity contribution < 1.29 is 18.0 Å². The van der Waals surface area contributed by atoms with Crippen LogP contribution < -0.4 is 10.6 Å². The smallest absolute Gasteiger partial charge is 0.376 e. The Morgan fingerprint density at radius 3 is 1.93 bits per heavy atom. The van der Waals surface area contributed by atoms with E-state index < -0.39 is 11.7 Å².